The first-order chi connectivity index (χ1) is 8.58. The highest BCUT2D eigenvalue weighted by Crippen LogP contribution is 2.20. The molecule has 1 saturated heterocycles. The fourth-order valence-corrected chi connectivity index (χ4v) is 2.48. The van der Waals surface area contributed by atoms with Crippen LogP contribution in [0.5, 0.6) is 0 Å². The first kappa shape index (κ1) is 13.1. The number of carbonyl (C=O) groups excluding carboxylic acids is 1. The van der Waals surface area contributed by atoms with E-state index in [0.29, 0.717) is 6.61 Å². The normalized spacial score (nSPS) is 20.7. The van der Waals surface area contributed by atoms with Gasteiger partial charge >= 0.3 is 0 Å². The van der Waals surface area contributed by atoms with Gasteiger partial charge in [-0.15, -0.1) is 0 Å². The van der Waals surface area contributed by atoms with E-state index in [-0.39, 0.29) is 18.1 Å². The lowest BCUT2D eigenvalue weighted by Crippen LogP contribution is -2.36. The number of benzene rings is 1. The van der Waals surface area contributed by atoms with Crippen LogP contribution in [0.1, 0.15) is 42.5 Å². The summed E-state index contributed by atoms with van der Waals surface area (Å²) in [6.07, 6.45) is 1.57. The highest BCUT2D eigenvalue weighted by molar-refractivity contribution is 5.81. The second kappa shape index (κ2) is 5.53. The Morgan fingerprint density at radius 1 is 1.44 bits per heavy atom. The largest absolute Gasteiger partial charge is 0.368 e. The van der Waals surface area contributed by atoms with E-state index in [1.807, 2.05) is 6.92 Å². The molecule has 0 bridgehead atoms. The molecule has 1 aliphatic heterocycles. The maximum Gasteiger partial charge on any atom is 0.249 e. The zero-order valence-electron chi connectivity index (χ0n) is 11.3. The molecule has 18 heavy (non-hydrogen) atoms. The van der Waals surface area contributed by atoms with Gasteiger partial charge in [0.25, 0.3) is 0 Å². The highest BCUT2D eigenvalue weighted by Gasteiger charge is 2.25. The number of amides is 1. The van der Waals surface area contributed by atoms with Gasteiger partial charge in [-0.1, -0.05) is 23.8 Å². The molecule has 1 amide bonds. The molecule has 0 aromatic heterocycles. The minimum Gasteiger partial charge on any atom is -0.368 e. The summed E-state index contributed by atoms with van der Waals surface area (Å²) >= 11 is 0. The first-order valence-corrected chi connectivity index (χ1v) is 6.57. The zero-order valence-corrected chi connectivity index (χ0v) is 11.3. The summed E-state index contributed by atoms with van der Waals surface area (Å²) in [5.41, 5.74) is 3.64. The third kappa shape index (κ3) is 2.91. The Kier molecular flexibility index (Phi) is 4.02. The summed E-state index contributed by atoms with van der Waals surface area (Å²) in [6.45, 7) is 6.88. The quantitative estimate of drug-likeness (QED) is 0.891. The zero-order chi connectivity index (χ0) is 13.1. The minimum absolute atomic E-state index is 0.0139. The molecule has 1 N–H and O–H groups in total. The number of nitrogens with one attached hydrogen (secondary N) is 1. The smallest absolute Gasteiger partial charge is 0.249 e. The Morgan fingerprint density at radius 2 is 2.22 bits per heavy atom. The van der Waals surface area contributed by atoms with Crippen molar-refractivity contribution in [2.24, 2.45) is 0 Å². The van der Waals surface area contributed by atoms with Gasteiger partial charge in [0, 0.05) is 6.61 Å². The van der Waals surface area contributed by atoms with Crippen LogP contribution in [-0.4, -0.2) is 18.6 Å². The average Bonchev–Trinajstić information content (AvgIpc) is 2.81. The van der Waals surface area contributed by atoms with E-state index in [4.69, 9.17) is 4.74 Å². The lowest BCUT2D eigenvalue weighted by molar-refractivity contribution is -0.130. The van der Waals surface area contributed by atoms with Crippen molar-refractivity contribution >= 4 is 5.91 Å². The molecular formula is C15H21NO2. The van der Waals surface area contributed by atoms with Crippen molar-refractivity contribution in [2.75, 3.05) is 6.61 Å². The van der Waals surface area contributed by atoms with Crippen LogP contribution in [-0.2, 0) is 9.53 Å². The molecule has 0 unspecified atom stereocenters. The molecular weight excluding hydrogens is 226 g/mol. The van der Waals surface area contributed by atoms with E-state index >= 15 is 0 Å². The number of hydrogen-bond acceptors (Lipinski definition) is 2. The number of hydrogen-bond donors (Lipinski definition) is 1. The van der Waals surface area contributed by atoms with Gasteiger partial charge in [0.2, 0.25) is 5.91 Å². The van der Waals surface area contributed by atoms with Crippen LogP contribution < -0.4 is 5.32 Å². The first-order valence-electron chi connectivity index (χ1n) is 6.57. The van der Waals surface area contributed by atoms with Crippen molar-refractivity contribution in [3.63, 3.8) is 0 Å². The molecule has 2 atom stereocenters. The number of rotatable bonds is 3. The van der Waals surface area contributed by atoms with E-state index in [1.54, 1.807) is 0 Å². The van der Waals surface area contributed by atoms with Gasteiger partial charge in [0.15, 0.2) is 0 Å². The molecule has 2 rings (SSSR count). The standard InChI is InChI=1S/C15H21NO2/c1-10-6-7-13(11(2)9-10)12(3)16-15(17)14-5-4-8-18-14/h6-7,9,12,14H,4-5,8H2,1-3H3,(H,16,17)/t12-,14-/m0/s1. The molecule has 1 aromatic rings. The van der Waals surface area contributed by atoms with Crippen molar-refractivity contribution in [1.29, 1.82) is 0 Å². The number of carbonyl (C=O) groups is 1. The van der Waals surface area contributed by atoms with Crippen LogP contribution in [0.15, 0.2) is 18.2 Å². The second-order valence-electron chi connectivity index (χ2n) is 5.09. The SMILES string of the molecule is Cc1ccc([C@H](C)NC(=O)[C@@H]2CCCO2)c(C)c1. The molecule has 3 nitrogen and oxygen atoms in total. The average molecular weight is 247 g/mol. The number of aryl methyl sites for hydroxylation is 2. The van der Waals surface area contributed by atoms with Gasteiger partial charge in [0.1, 0.15) is 6.10 Å². The van der Waals surface area contributed by atoms with Gasteiger partial charge < -0.3 is 10.1 Å². The van der Waals surface area contributed by atoms with Gasteiger partial charge in [-0.2, -0.15) is 0 Å². The molecule has 3 heteroatoms. The molecule has 1 aromatic carbocycles. The molecule has 1 aliphatic rings. The predicted octanol–water partition coefficient (Wildman–Crippen LogP) is 2.66. The van der Waals surface area contributed by atoms with Crippen LogP contribution in [0, 0.1) is 13.8 Å². The summed E-state index contributed by atoms with van der Waals surface area (Å²) < 4.78 is 5.39. The third-order valence-corrected chi connectivity index (χ3v) is 3.47. The molecule has 1 heterocycles. The van der Waals surface area contributed by atoms with Gasteiger partial charge in [0.05, 0.1) is 6.04 Å². The Hall–Kier alpha value is -1.35. The topological polar surface area (TPSA) is 38.3 Å². The van der Waals surface area contributed by atoms with Crippen molar-refractivity contribution in [3.05, 3.63) is 34.9 Å². The van der Waals surface area contributed by atoms with E-state index < -0.39 is 0 Å². The molecule has 0 spiro atoms. The predicted molar refractivity (Wildman–Crippen MR) is 71.4 cm³/mol. The minimum atomic E-state index is -0.252. The Labute approximate surface area is 109 Å². The van der Waals surface area contributed by atoms with Crippen molar-refractivity contribution < 1.29 is 9.53 Å². The summed E-state index contributed by atoms with van der Waals surface area (Å²) in [7, 11) is 0. The van der Waals surface area contributed by atoms with Crippen LogP contribution >= 0.6 is 0 Å². The monoisotopic (exact) mass is 247 g/mol. The van der Waals surface area contributed by atoms with Crippen molar-refractivity contribution in [1.82, 2.24) is 5.32 Å². The van der Waals surface area contributed by atoms with Gasteiger partial charge in [-0.05, 0) is 44.7 Å². The van der Waals surface area contributed by atoms with Crippen LogP contribution in [0.3, 0.4) is 0 Å². The number of ether oxygens (including phenoxy) is 1. The lowest BCUT2D eigenvalue weighted by atomic mass is 10.00. The Morgan fingerprint density at radius 3 is 2.83 bits per heavy atom. The lowest BCUT2D eigenvalue weighted by Gasteiger charge is -2.19. The van der Waals surface area contributed by atoms with E-state index in [9.17, 15) is 4.79 Å². The molecule has 0 saturated carbocycles. The van der Waals surface area contributed by atoms with Crippen LogP contribution in [0.2, 0.25) is 0 Å². The fraction of sp³-hybridized carbons (Fsp3) is 0.533. The van der Waals surface area contributed by atoms with Crippen LogP contribution in [0.25, 0.3) is 0 Å². The summed E-state index contributed by atoms with van der Waals surface area (Å²) in [5, 5.41) is 3.03. The van der Waals surface area contributed by atoms with Gasteiger partial charge in [-0.25, -0.2) is 0 Å². The Bertz CT molecular complexity index is 436. The van der Waals surface area contributed by atoms with Crippen molar-refractivity contribution in [2.45, 2.75) is 45.8 Å². The summed E-state index contributed by atoms with van der Waals surface area (Å²) in [5.74, 6) is 0.0139. The Balaban J connectivity index is 2.02. The molecule has 1 fully saturated rings. The van der Waals surface area contributed by atoms with E-state index in [0.717, 1.165) is 12.8 Å². The molecule has 0 radical (unpaired) electrons. The van der Waals surface area contributed by atoms with Gasteiger partial charge in [-0.3, -0.25) is 4.79 Å². The van der Waals surface area contributed by atoms with Crippen molar-refractivity contribution in [3.8, 4) is 0 Å². The fourth-order valence-electron chi connectivity index (χ4n) is 2.48. The molecule has 98 valence electrons. The second-order valence-corrected chi connectivity index (χ2v) is 5.09. The van der Waals surface area contributed by atoms with Crippen LogP contribution in [0.4, 0.5) is 0 Å². The molecule has 0 aliphatic carbocycles. The van der Waals surface area contributed by atoms with E-state index in [1.165, 1.54) is 16.7 Å². The van der Waals surface area contributed by atoms with E-state index in [2.05, 4.69) is 37.4 Å². The maximum absolute atomic E-state index is 12.0. The highest BCUT2D eigenvalue weighted by atomic mass is 16.5. The summed E-state index contributed by atoms with van der Waals surface area (Å²) in [6, 6.07) is 6.34. The summed E-state index contributed by atoms with van der Waals surface area (Å²) in [4.78, 5) is 12.0. The maximum atomic E-state index is 12.0. The third-order valence-electron chi connectivity index (χ3n) is 3.47.